The molecule has 0 unspecified atom stereocenters. The monoisotopic (exact) mass is 322 g/mol. The number of fused-ring (bicyclic) bond motifs is 1. The number of aromatic nitrogens is 2. The summed E-state index contributed by atoms with van der Waals surface area (Å²) in [4.78, 5) is 4.47. The van der Waals surface area contributed by atoms with Crippen molar-refractivity contribution < 1.29 is 9.31 Å². The van der Waals surface area contributed by atoms with Crippen LogP contribution in [0.4, 0.5) is 0 Å². The van der Waals surface area contributed by atoms with E-state index in [2.05, 4.69) is 20.9 Å². The van der Waals surface area contributed by atoms with Gasteiger partial charge in [-0.05, 0) is 55.8 Å². The second-order valence-corrected chi connectivity index (χ2v) is 6.56. The molecule has 3 rings (SSSR count). The van der Waals surface area contributed by atoms with E-state index in [1.807, 2.05) is 56.5 Å². The smallest absolute Gasteiger partial charge is 0.398 e. The van der Waals surface area contributed by atoms with Crippen molar-refractivity contribution in [2.75, 3.05) is 0 Å². The van der Waals surface area contributed by atoms with E-state index in [0.717, 1.165) is 15.8 Å². The Morgan fingerprint density at radius 3 is 2.42 bits per heavy atom. The molecular formula is C13H16BBrN2O2. The maximum Gasteiger partial charge on any atom is 0.515 e. The molecule has 1 saturated heterocycles. The van der Waals surface area contributed by atoms with Crippen LogP contribution in [0, 0.1) is 0 Å². The van der Waals surface area contributed by atoms with Crippen molar-refractivity contribution in [2.24, 2.45) is 0 Å². The third-order valence-corrected chi connectivity index (χ3v) is 4.58. The van der Waals surface area contributed by atoms with E-state index in [4.69, 9.17) is 9.31 Å². The van der Waals surface area contributed by atoms with E-state index < -0.39 is 7.12 Å². The molecule has 100 valence electrons. The van der Waals surface area contributed by atoms with Crippen LogP contribution >= 0.6 is 15.9 Å². The molecule has 6 heteroatoms. The number of rotatable bonds is 1. The van der Waals surface area contributed by atoms with Crippen molar-refractivity contribution in [3.63, 3.8) is 0 Å². The van der Waals surface area contributed by atoms with Crippen LogP contribution in [0.3, 0.4) is 0 Å². The first kappa shape index (κ1) is 13.2. The van der Waals surface area contributed by atoms with Gasteiger partial charge in [0, 0.05) is 6.20 Å². The Labute approximate surface area is 121 Å². The van der Waals surface area contributed by atoms with Crippen molar-refractivity contribution in [2.45, 2.75) is 38.9 Å². The summed E-state index contributed by atoms with van der Waals surface area (Å²) in [6.45, 7) is 8.18. The lowest BCUT2D eigenvalue weighted by atomic mass is 9.85. The second-order valence-electron chi connectivity index (χ2n) is 5.80. The molecule has 0 amide bonds. The Morgan fingerprint density at radius 1 is 1.16 bits per heavy atom. The maximum atomic E-state index is 6.08. The Bertz CT molecular complexity index is 623. The van der Waals surface area contributed by atoms with Gasteiger partial charge in [-0.25, -0.2) is 4.98 Å². The summed E-state index contributed by atoms with van der Waals surface area (Å²) in [5.74, 6) is 0. The van der Waals surface area contributed by atoms with E-state index >= 15 is 0 Å². The highest BCUT2D eigenvalue weighted by atomic mass is 79.9. The zero-order valence-electron chi connectivity index (χ0n) is 11.5. The second kappa shape index (κ2) is 4.07. The first-order chi connectivity index (χ1) is 8.82. The molecule has 0 atom stereocenters. The van der Waals surface area contributed by atoms with Crippen molar-refractivity contribution in [1.82, 2.24) is 9.38 Å². The van der Waals surface area contributed by atoms with Gasteiger partial charge in [-0.1, -0.05) is 6.07 Å². The van der Waals surface area contributed by atoms with Gasteiger partial charge >= 0.3 is 7.12 Å². The quantitative estimate of drug-likeness (QED) is 0.756. The van der Waals surface area contributed by atoms with Gasteiger partial charge in [0.05, 0.1) is 16.8 Å². The minimum Gasteiger partial charge on any atom is -0.398 e. The zero-order chi connectivity index (χ0) is 13.8. The van der Waals surface area contributed by atoms with Crippen LogP contribution in [0.15, 0.2) is 29.0 Å². The van der Waals surface area contributed by atoms with Gasteiger partial charge in [-0.15, -0.1) is 0 Å². The van der Waals surface area contributed by atoms with E-state index in [-0.39, 0.29) is 11.2 Å². The third-order valence-electron chi connectivity index (χ3n) is 4.00. The average molecular weight is 323 g/mol. The maximum absolute atomic E-state index is 6.08. The minimum absolute atomic E-state index is 0.351. The molecule has 19 heavy (non-hydrogen) atoms. The van der Waals surface area contributed by atoms with E-state index in [0.29, 0.717) is 0 Å². The molecule has 0 aromatic carbocycles. The van der Waals surface area contributed by atoms with Crippen LogP contribution in [0.25, 0.3) is 5.65 Å². The predicted molar refractivity (Wildman–Crippen MR) is 78.6 cm³/mol. The summed E-state index contributed by atoms with van der Waals surface area (Å²) >= 11 is 3.50. The molecule has 2 aromatic rings. The summed E-state index contributed by atoms with van der Waals surface area (Å²) in [7, 11) is -0.420. The average Bonchev–Trinajstić information content (AvgIpc) is 2.72. The van der Waals surface area contributed by atoms with Crippen LogP contribution in [0.2, 0.25) is 0 Å². The van der Waals surface area contributed by atoms with Gasteiger partial charge in [-0.3, -0.25) is 0 Å². The fraction of sp³-hybridized carbons (Fsp3) is 0.462. The molecule has 3 heterocycles. The molecule has 4 nitrogen and oxygen atoms in total. The standard InChI is InChI=1S/C13H16BBrN2O2/c1-12(2)13(3,4)19-14(18-12)10-11(15)16-9-7-5-6-8-17(9)10/h5-8H,1-4H3. The number of imidazole rings is 1. The van der Waals surface area contributed by atoms with Crippen LogP contribution in [-0.2, 0) is 9.31 Å². The Hall–Kier alpha value is -0.845. The van der Waals surface area contributed by atoms with Crippen molar-refractivity contribution in [3.8, 4) is 0 Å². The number of nitrogens with zero attached hydrogens (tertiary/aromatic N) is 2. The molecule has 0 N–H and O–H groups in total. The Balaban J connectivity index is 2.10. The van der Waals surface area contributed by atoms with Crippen molar-refractivity contribution in [3.05, 3.63) is 29.0 Å². The Morgan fingerprint density at radius 2 is 1.79 bits per heavy atom. The number of pyridine rings is 1. The van der Waals surface area contributed by atoms with Gasteiger partial charge in [0.25, 0.3) is 0 Å². The van der Waals surface area contributed by atoms with Crippen molar-refractivity contribution in [1.29, 1.82) is 0 Å². The SMILES string of the molecule is CC1(C)OB(c2c(Br)nc3ccccn23)OC1(C)C. The van der Waals surface area contributed by atoms with E-state index in [1.54, 1.807) is 0 Å². The van der Waals surface area contributed by atoms with Gasteiger partial charge in [-0.2, -0.15) is 0 Å². The molecule has 0 bridgehead atoms. The van der Waals surface area contributed by atoms with Crippen LogP contribution in [-0.4, -0.2) is 27.7 Å². The molecule has 0 aliphatic carbocycles. The van der Waals surface area contributed by atoms with E-state index in [1.165, 1.54) is 0 Å². The number of hydrogen-bond donors (Lipinski definition) is 0. The number of hydrogen-bond acceptors (Lipinski definition) is 3. The Kier molecular flexibility index (Phi) is 2.82. The minimum atomic E-state index is -0.420. The molecular weight excluding hydrogens is 307 g/mol. The summed E-state index contributed by atoms with van der Waals surface area (Å²) in [5.41, 5.74) is 1.07. The molecule has 0 saturated carbocycles. The fourth-order valence-electron chi connectivity index (χ4n) is 2.15. The first-order valence-electron chi connectivity index (χ1n) is 6.30. The van der Waals surface area contributed by atoms with Crippen LogP contribution in [0.5, 0.6) is 0 Å². The van der Waals surface area contributed by atoms with Gasteiger partial charge < -0.3 is 13.7 Å². The van der Waals surface area contributed by atoms with Crippen LogP contribution in [0.1, 0.15) is 27.7 Å². The lowest BCUT2D eigenvalue weighted by Gasteiger charge is -2.32. The van der Waals surface area contributed by atoms with Gasteiger partial charge in [0.15, 0.2) is 0 Å². The zero-order valence-corrected chi connectivity index (χ0v) is 13.1. The molecule has 0 spiro atoms. The highest BCUT2D eigenvalue weighted by molar-refractivity contribution is 9.10. The summed E-state index contributed by atoms with van der Waals surface area (Å²) < 4.78 is 14.9. The molecule has 1 aliphatic heterocycles. The summed E-state index contributed by atoms with van der Waals surface area (Å²) in [6, 6.07) is 5.89. The third kappa shape index (κ3) is 1.93. The van der Waals surface area contributed by atoms with E-state index in [9.17, 15) is 0 Å². The predicted octanol–water partition coefficient (Wildman–Crippen LogP) is 2.40. The molecule has 0 radical (unpaired) electrons. The highest BCUT2D eigenvalue weighted by Crippen LogP contribution is 2.37. The lowest BCUT2D eigenvalue weighted by Crippen LogP contribution is -2.41. The highest BCUT2D eigenvalue weighted by Gasteiger charge is 2.53. The summed E-state index contributed by atoms with van der Waals surface area (Å²) in [5, 5.41) is 0. The topological polar surface area (TPSA) is 35.8 Å². The van der Waals surface area contributed by atoms with Crippen molar-refractivity contribution >= 4 is 34.3 Å². The molecule has 1 fully saturated rings. The molecule has 2 aromatic heterocycles. The summed E-state index contributed by atoms with van der Waals surface area (Å²) in [6.07, 6.45) is 1.97. The van der Waals surface area contributed by atoms with Gasteiger partial charge in [0.2, 0.25) is 0 Å². The fourth-order valence-corrected chi connectivity index (χ4v) is 2.71. The largest absolute Gasteiger partial charge is 0.515 e. The number of halogens is 1. The lowest BCUT2D eigenvalue weighted by molar-refractivity contribution is 0.00578. The normalized spacial score (nSPS) is 21.2. The molecule has 1 aliphatic rings. The van der Waals surface area contributed by atoms with Crippen LogP contribution < -0.4 is 5.59 Å². The first-order valence-corrected chi connectivity index (χ1v) is 7.09. The van der Waals surface area contributed by atoms with Gasteiger partial charge in [0.1, 0.15) is 10.3 Å².